The number of hydrogen-bond donors (Lipinski definition) is 1. The normalized spacial score (nSPS) is 16.1. The lowest BCUT2D eigenvalue weighted by Gasteiger charge is -2.34. The van der Waals surface area contributed by atoms with Gasteiger partial charge in [-0.3, -0.25) is 4.99 Å². The second-order valence-electron chi connectivity index (χ2n) is 5.21. The minimum Gasteiger partial charge on any atom is -0.489 e. The number of benzene rings is 1. The molecule has 1 aromatic rings. The summed E-state index contributed by atoms with van der Waals surface area (Å²) in [5, 5.41) is 3.40. The van der Waals surface area contributed by atoms with Gasteiger partial charge in [-0.15, -0.1) is 24.0 Å². The van der Waals surface area contributed by atoms with E-state index in [9.17, 15) is 0 Å². The van der Waals surface area contributed by atoms with Gasteiger partial charge in [-0.05, 0) is 41.1 Å². The summed E-state index contributed by atoms with van der Waals surface area (Å²) in [6.07, 6.45) is 3.50. The van der Waals surface area contributed by atoms with Crippen LogP contribution in [0.1, 0.15) is 26.2 Å². The predicted molar refractivity (Wildman–Crippen MR) is 111 cm³/mol. The standard InChI is InChI=1S/C16H24IN3O.HI/c1-3-10-19-16(18-2)20-11-8-13(9-12-20)21-15-7-5-4-6-14(15)17;/h4-7,13H,3,8-12H2,1-2H3,(H,18,19);1H. The second kappa shape index (κ2) is 10.5. The number of nitrogens with one attached hydrogen (secondary N) is 1. The Kier molecular flexibility index (Phi) is 9.46. The van der Waals surface area contributed by atoms with Crippen LogP contribution in [-0.4, -0.2) is 43.6 Å². The van der Waals surface area contributed by atoms with Crippen molar-refractivity contribution < 1.29 is 4.74 Å². The maximum absolute atomic E-state index is 6.13. The van der Waals surface area contributed by atoms with E-state index in [0.717, 1.165) is 50.6 Å². The van der Waals surface area contributed by atoms with Gasteiger partial charge in [-0.25, -0.2) is 0 Å². The van der Waals surface area contributed by atoms with Crippen LogP contribution in [0.5, 0.6) is 5.75 Å². The van der Waals surface area contributed by atoms with Gasteiger partial charge in [0.25, 0.3) is 0 Å². The molecule has 1 aliphatic heterocycles. The molecule has 0 aliphatic carbocycles. The van der Waals surface area contributed by atoms with E-state index < -0.39 is 0 Å². The molecule has 0 radical (unpaired) electrons. The van der Waals surface area contributed by atoms with Gasteiger partial charge in [0.1, 0.15) is 11.9 Å². The first-order valence-corrected chi connectivity index (χ1v) is 8.69. The van der Waals surface area contributed by atoms with E-state index >= 15 is 0 Å². The fourth-order valence-electron chi connectivity index (χ4n) is 2.47. The van der Waals surface area contributed by atoms with E-state index in [1.807, 2.05) is 19.2 Å². The first-order chi connectivity index (χ1) is 10.2. The van der Waals surface area contributed by atoms with Crippen molar-refractivity contribution in [3.8, 4) is 5.75 Å². The summed E-state index contributed by atoms with van der Waals surface area (Å²) in [6, 6.07) is 8.21. The van der Waals surface area contributed by atoms with E-state index in [0.29, 0.717) is 6.10 Å². The number of para-hydroxylation sites is 1. The lowest BCUT2D eigenvalue weighted by molar-refractivity contribution is 0.128. The van der Waals surface area contributed by atoms with Crippen molar-refractivity contribution in [2.45, 2.75) is 32.3 Å². The lowest BCUT2D eigenvalue weighted by atomic mass is 10.1. The van der Waals surface area contributed by atoms with E-state index in [1.54, 1.807) is 0 Å². The fraction of sp³-hybridized carbons (Fsp3) is 0.562. The number of likely N-dealkylation sites (tertiary alicyclic amines) is 1. The van der Waals surface area contributed by atoms with Gasteiger partial charge >= 0.3 is 0 Å². The van der Waals surface area contributed by atoms with Crippen molar-refractivity contribution in [2.75, 3.05) is 26.7 Å². The van der Waals surface area contributed by atoms with Crippen LogP contribution in [0.15, 0.2) is 29.3 Å². The largest absolute Gasteiger partial charge is 0.489 e. The van der Waals surface area contributed by atoms with Crippen LogP contribution in [0, 0.1) is 3.57 Å². The average Bonchev–Trinajstić information content (AvgIpc) is 2.52. The number of aliphatic imine (C=N–C) groups is 1. The van der Waals surface area contributed by atoms with Gasteiger partial charge < -0.3 is 15.0 Å². The van der Waals surface area contributed by atoms with Gasteiger partial charge in [-0.1, -0.05) is 19.1 Å². The Morgan fingerprint density at radius 2 is 2.05 bits per heavy atom. The van der Waals surface area contributed by atoms with Crippen LogP contribution in [0.3, 0.4) is 0 Å². The monoisotopic (exact) mass is 529 g/mol. The molecule has 0 atom stereocenters. The molecule has 1 aliphatic rings. The average molecular weight is 529 g/mol. The number of nitrogens with zero attached hydrogens (tertiary/aromatic N) is 2. The Labute approximate surface area is 164 Å². The predicted octanol–water partition coefficient (Wildman–Crippen LogP) is 3.74. The van der Waals surface area contributed by atoms with Crippen molar-refractivity contribution in [1.29, 1.82) is 0 Å². The van der Waals surface area contributed by atoms with Crippen LogP contribution in [0.4, 0.5) is 0 Å². The molecule has 1 heterocycles. The number of guanidine groups is 1. The molecule has 124 valence electrons. The van der Waals surface area contributed by atoms with E-state index in [2.05, 4.69) is 56.9 Å². The number of ether oxygens (including phenoxy) is 1. The highest BCUT2D eigenvalue weighted by Crippen LogP contribution is 2.24. The highest BCUT2D eigenvalue weighted by atomic mass is 127. The third-order valence-electron chi connectivity index (χ3n) is 3.62. The summed E-state index contributed by atoms with van der Waals surface area (Å²) in [7, 11) is 1.85. The number of rotatable bonds is 4. The van der Waals surface area contributed by atoms with Gasteiger partial charge in [-0.2, -0.15) is 0 Å². The molecule has 22 heavy (non-hydrogen) atoms. The molecule has 6 heteroatoms. The summed E-state index contributed by atoms with van der Waals surface area (Å²) in [4.78, 5) is 6.69. The molecule has 1 N–H and O–H groups in total. The highest BCUT2D eigenvalue weighted by molar-refractivity contribution is 14.1. The summed E-state index contributed by atoms with van der Waals surface area (Å²) in [6.45, 7) is 5.14. The van der Waals surface area contributed by atoms with Gasteiger partial charge in [0.05, 0.1) is 3.57 Å². The molecule has 0 unspecified atom stereocenters. The fourth-order valence-corrected chi connectivity index (χ4v) is 2.99. The van der Waals surface area contributed by atoms with Crippen LogP contribution in [0.25, 0.3) is 0 Å². The van der Waals surface area contributed by atoms with E-state index in [-0.39, 0.29) is 24.0 Å². The third kappa shape index (κ3) is 5.75. The van der Waals surface area contributed by atoms with Crippen molar-refractivity contribution in [3.63, 3.8) is 0 Å². The van der Waals surface area contributed by atoms with Gasteiger partial charge in [0.2, 0.25) is 0 Å². The number of halogens is 2. The minimum absolute atomic E-state index is 0. The first-order valence-electron chi connectivity index (χ1n) is 7.61. The lowest BCUT2D eigenvalue weighted by Crippen LogP contribution is -2.47. The van der Waals surface area contributed by atoms with Crippen LogP contribution in [-0.2, 0) is 0 Å². The molecule has 1 saturated heterocycles. The molecule has 0 spiro atoms. The van der Waals surface area contributed by atoms with Crippen LogP contribution in [0.2, 0.25) is 0 Å². The first kappa shape index (κ1) is 19.8. The van der Waals surface area contributed by atoms with Gasteiger partial charge in [0, 0.05) is 39.5 Å². The Morgan fingerprint density at radius 1 is 1.36 bits per heavy atom. The number of hydrogen-bond acceptors (Lipinski definition) is 2. The van der Waals surface area contributed by atoms with Crippen LogP contribution >= 0.6 is 46.6 Å². The maximum Gasteiger partial charge on any atom is 0.193 e. The van der Waals surface area contributed by atoms with Gasteiger partial charge in [0.15, 0.2) is 5.96 Å². The molecular weight excluding hydrogens is 504 g/mol. The molecule has 0 bridgehead atoms. The van der Waals surface area contributed by atoms with Crippen molar-refractivity contribution >= 4 is 52.5 Å². The Balaban J connectivity index is 0.00000242. The zero-order valence-corrected chi connectivity index (χ0v) is 17.7. The molecule has 0 amide bonds. The molecule has 4 nitrogen and oxygen atoms in total. The molecule has 0 saturated carbocycles. The summed E-state index contributed by atoms with van der Waals surface area (Å²) in [5.74, 6) is 2.02. The molecule has 0 aromatic heterocycles. The van der Waals surface area contributed by atoms with Crippen molar-refractivity contribution in [2.24, 2.45) is 4.99 Å². The second-order valence-corrected chi connectivity index (χ2v) is 6.37. The summed E-state index contributed by atoms with van der Waals surface area (Å²) >= 11 is 2.33. The topological polar surface area (TPSA) is 36.9 Å². The molecule has 2 rings (SSSR count). The SMILES string of the molecule is CCCNC(=NC)N1CCC(Oc2ccccc2I)CC1.I. The highest BCUT2D eigenvalue weighted by Gasteiger charge is 2.22. The molecular formula is C16H25I2N3O. The van der Waals surface area contributed by atoms with Crippen molar-refractivity contribution in [1.82, 2.24) is 10.2 Å². The molecule has 1 fully saturated rings. The quantitative estimate of drug-likeness (QED) is 0.367. The maximum atomic E-state index is 6.13. The summed E-state index contributed by atoms with van der Waals surface area (Å²) < 4.78 is 7.31. The third-order valence-corrected chi connectivity index (χ3v) is 4.51. The zero-order chi connectivity index (χ0) is 15.1. The minimum atomic E-state index is 0. The van der Waals surface area contributed by atoms with Crippen LogP contribution < -0.4 is 10.1 Å². The van der Waals surface area contributed by atoms with Crippen molar-refractivity contribution in [3.05, 3.63) is 27.8 Å². The molecule has 1 aromatic carbocycles. The zero-order valence-electron chi connectivity index (χ0n) is 13.2. The Morgan fingerprint density at radius 3 is 2.64 bits per heavy atom. The Hall–Kier alpha value is -0.250. The summed E-state index contributed by atoms with van der Waals surface area (Å²) in [5.41, 5.74) is 0. The van der Waals surface area contributed by atoms with E-state index in [1.165, 1.54) is 3.57 Å². The smallest absolute Gasteiger partial charge is 0.193 e. The van der Waals surface area contributed by atoms with E-state index in [4.69, 9.17) is 4.74 Å². The Bertz CT molecular complexity index is 474. The number of piperidine rings is 1.